The third-order valence-corrected chi connectivity index (χ3v) is 2.94. The maximum absolute atomic E-state index is 12.4. The van der Waals surface area contributed by atoms with Crippen molar-refractivity contribution in [1.82, 2.24) is 0 Å². The lowest BCUT2D eigenvalue weighted by Crippen LogP contribution is -2.45. The molecule has 0 heterocycles. The lowest BCUT2D eigenvalue weighted by atomic mass is 9.82. The summed E-state index contributed by atoms with van der Waals surface area (Å²) in [6, 6.07) is 9.49. The van der Waals surface area contributed by atoms with Gasteiger partial charge in [0.1, 0.15) is 5.41 Å². The highest BCUT2D eigenvalue weighted by Crippen LogP contribution is 2.27. The summed E-state index contributed by atoms with van der Waals surface area (Å²) >= 11 is 0. The van der Waals surface area contributed by atoms with Crippen LogP contribution in [0.4, 0.5) is 0 Å². The molecule has 0 radical (unpaired) electrons. The fourth-order valence-electron chi connectivity index (χ4n) is 1.99. The molecule has 0 spiro atoms. The molecule has 1 aromatic carbocycles. The van der Waals surface area contributed by atoms with Crippen molar-refractivity contribution < 1.29 is 19.0 Å². The van der Waals surface area contributed by atoms with Crippen molar-refractivity contribution in [2.45, 2.75) is 19.3 Å². The van der Waals surface area contributed by atoms with Gasteiger partial charge in [-0.2, -0.15) is 0 Å². The Hall–Kier alpha value is -1.39. The molecule has 0 saturated carbocycles. The number of hydrogen-bond acceptors (Lipinski definition) is 4. The topological polar surface area (TPSA) is 44.8 Å². The molecule has 106 valence electrons. The van der Waals surface area contributed by atoms with Gasteiger partial charge in [-0.05, 0) is 19.4 Å². The maximum atomic E-state index is 12.4. The quantitative estimate of drug-likeness (QED) is 0.676. The van der Waals surface area contributed by atoms with E-state index in [0.29, 0.717) is 13.2 Å². The summed E-state index contributed by atoms with van der Waals surface area (Å²) in [7, 11) is 1.57. The van der Waals surface area contributed by atoms with Gasteiger partial charge in [0.05, 0.1) is 19.8 Å². The van der Waals surface area contributed by atoms with Gasteiger partial charge in [-0.1, -0.05) is 30.3 Å². The standard InChI is InChI=1S/C15H22O4/c1-4-18-12-15(11-17-3,14(16)19-5-2)13-9-7-6-8-10-13/h6-10H,4-5,11-12H2,1-3H3. The summed E-state index contributed by atoms with van der Waals surface area (Å²) in [5.41, 5.74) is -0.0501. The van der Waals surface area contributed by atoms with Crippen LogP contribution in [0.3, 0.4) is 0 Å². The third kappa shape index (κ3) is 3.78. The molecule has 4 heteroatoms. The van der Waals surface area contributed by atoms with Crippen LogP contribution in [0.25, 0.3) is 0 Å². The molecule has 0 saturated heterocycles. The second-order valence-corrected chi connectivity index (χ2v) is 4.24. The van der Waals surface area contributed by atoms with Gasteiger partial charge >= 0.3 is 5.97 Å². The van der Waals surface area contributed by atoms with E-state index in [2.05, 4.69) is 0 Å². The second kappa shape index (κ2) is 7.92. The molecule has 0 aliphatic carbocycles. The zero-order chi connectivity index (χ0) is 14.1. The Bertz CT molecular complexity index is 377. The number of esters is 1. The van der Waals surface area contributed by atoms with Gasteiger partial charge in [0.2, 0.25) is 0 Å². The first-order valence-corrected chi connectivity index (χ1v) is 6.50. The molecule has 0 aromatic heterocycles. The molecule has 0 amide bonds. The Kier molecular flexibility index (Phi) is 6.53. The number of benzene rings is 1. The molecule has 0 aliphatic rings. The van der Waals surface area contributed by atoms with Crippen LogP contribution in [0.5, 0.6) is 0 Å². The minimum Gasteiger partial charge on any atom is -0.465 e. The molecule has 1 rings (SSSR count). The largest absolute Gasteiger partial charge is 0.465 e. The summed E-state index contributed by atoms with van der Waals surface area (Å²) in [5, 5.41) is 0. The minimum atomic E-state index is -0.901. The average molecular weight is 266 g/mol. The van der Waals surface area contributed by atoms with E-state index >= 15 is 0 Å². The SMILES string of the molecule is CCOCC(COC)(C(=O)OCC)c1ccccc1. The number of carbonyl (C=O) groups is 1. The average Bonchev–Trinajstić information content (AvgIpc) is 2.44. The molecule has 1 unspecified atom stereocenters. The monoisotopic (exact) mass is 266 g/mol. The zero-order valence-corrected chi connectivity index (χ0v) is 11.8. The van der Waals surface area contributed by atoms with E-state index in [1.165, 1.54) is 0 Å². The van der Waals surface area contributed by atoms with E-state index in [0.717, 1.165) is 5.56 Å². The number of methoxy groups -OCH3 is 1. The zero-order valence-electron chi connectivity index (χ0n) is 11.8. The van der Waals surface area contributed by atoms with Gasteiger partial charge in [-0.25, -0.2) is 0 Å². The van der Waals surface area contributed by atoms with Crippen LogP contribution in [-0.2, 0) is 24.4 Å². The van der Waals surface area contributed by atoms with Crippen LogP contribution in [0.15, 0.2) is 30.3 Å². The van der Waals surface area contributed by atoms with E-state index in [1.54, 1.807) is 14.0 Å². The van der Waals surface area contributed by atoms with Crippen LogP contribution >= 0.6 is 0 Å². The number of rotatable bonds is 8. The van der Waals surface area contributed by atoms with Crippen LogP contribution in [0.2, 0.25) is 0 Å². The smallest absolute Gasteiger partial charge is 0.321 e. The van der Waals surface area contributed by atoms with Gasteiger partial charge < -0.3 is 14.2 Å². The summed E-state index contributed by atoms with van der Waals surface area (Å²) in [6.07, 6.45) is 0. The van der Waals surface area contributed by atoms with Crippen LogP contribution < -0.4 is 0 Å². The molecule has 0 N–H and O–H groups in total. The predicted molar refractivity (Wildman–Crippen MR) is 73.1 cm³/mol. The Labute approximate surface area is 114 Å². The maximum Gasteiger partial charge on any atom is 0.321 e. The van der Waals surface area contributed by atoms with Crippen LogP contribution in [-0.4, -0.2) is 39.5 Å². The Morgan fingerprint density at radius 3 is 2.32 bits per heavy atom. The highest BCUT2D eigenvalue weighted by atomic mass is 16.5. The first-order chi connectivity index (χ1) is 9.21. The molecular weight excluding hydrogens is 244 g/mol. The summed E-state index contributed by atoms with van der Waals surface area (Å²) in [4.78, 5) is 12.4. The molecule has 19 heavy (non-hydrogen) atoms. The third-order valence-electron chi connectivity index (χ3n) is 2.94. The van der Waals surface area contributed by atoms with E-state index in [4.69, 9.17) is 14.2 Å². The lowest BCUT2D eigenvalue weighted by molar-refractivity contribution is -0.155. The molecule has 0 aliphatic heterocycles. The van der Waals surface area contributed by atoms with Gasteiger partial charge in [0.25, 0.3) is 0 Å². The van der Waals surface area contributed by atoms with E-state index in [-0.39, 0.29) is 19.2 Å². The van der Waals surface area contributed by atoms with Gasteiger partial charge in [0, 0.05) is 13.7 Å². The predicted octanol–water partition coefficient (Wildman–Crippen LogP) is 2.17. The fourth-order valence-corrected chi connectivity index (χ4v) is 1.99. The Morgan fingerprint density at radius 2 is 1.79 bits per heavy atom. The molecule has 4 nitrogen and oxygen atoms in total. The van der Waals surface area contributed by atoms with E-state index in [9.17, 15) is 4.79 Å². The van der Waals surface area contributed by atoms with Crippen molar-refractivity contribution in [2.75, 3.05) is 33.5 Å². The lowest BCUT2D eigenvalue weighted by Gasteiger charge is -2.30. The van der Waals surface area contributed by atoms with Crippen molar-refractivity contribution in [1.29, 1.82) is 0 Å². The van der Waals surface area contributed by atoms with Crippen molar-refractivity contribution >= 4 is 5.97 Å². The highest BCUT2D eigenvalue weighted by molar-refractivity contribution is 5.83. The minimum absolute atomic E-state index is 0.232. The normalized spacial score (nSPS) is 13.8. The molecule has 0 fully saturated rings. The molecular formula is C15H22O4. The first kappa shape index (κ1) is 15.7. The van der Waals surface area contributed by atoms with Gasteiger partial charge in [-0.15, -0.1) is 0 Å². The van der Waals surface area contributed by atoms with E-state index < -0.39 is 5.41 Å². The molecule has 1 atom stereocenters. The van der Waals surface area contributed by atoms with Crippen LogP contribution in [0, 0.1) is 0 Å². The van der Waals surface area contributed by atoms with Crippen molar-refractivity contribution in [2.24, 2.45) is 0 Å². The molecule has 0 bridgehead atoms. The Balaban J connectivity index is 3.14. The fraction of sp³-hybridized carbons (Fsp3) is 0.533. The second-order valence-electron chi connectivity index (χ2n) is 4.24. The first-order valence-electron chi connectivity index (χ1n) is 6.50. The Morgan fingerprint density at radius 1 is 1.11 bits per heavy atom. The van der Waals surface area contributed by atoms with Crippen molar-refractivity contribution in [3.05, 3.63) is 35.9 Å². The van der Waals surface area contributed by atoms with Crippen molar-refractivity contribution in [3.8, 4) is 0 Å². The summed E-state index contributed by atoms with van der Waals surface area (Å²) in [5.74, 6) is -0.309. The number of ether oxygens (including phenoxy) is 3. The summed E-state index contributed by atoms with van der Waals surface area (Å²) < 4.78 is 16.0. The number of carbonyl (C=O) groups excluding carboxylic acids is 1. The van der Waals surface area contributed by atoms with Gasteiger partial charge in [0.15, 0.2) is 0 Å². The summed E-state index contributed by atoms with van der Waals surface area (Å²) in [6.45, 7) is 5.05. The van der Waals surface area contributed by atoms with Crippen LogP contribution in [0.1, 0.15) is 19.4 Å². The highest BCUT2D eigenvalue weighted by Gasteiger charge is 2.42. The number of hydrogen-bond donors (Lipinski definition) is 0. The molecule has 1 aromatic rings. The van der Waals surface area contributed by atoms with Gasteiger partial charge in [-0.3, -0.25) is 4.79 Å². The van der Waals surface area contributed by atoms with Crippen molar-refractivity contribution in [3.63, 3.8) is 0 Å². The van der Waals surface area contributed by atoms with E-state index in [1.807, 2.05) is 37.3 Å².